The molecule has 0 radical (unpaired) electrons. The summed E-state index contributed by atoms with van der Waals surface area (Å²) >= 11 is 0. The van der Waals surface area contributed by atoms with Crippen LogP contribution in [0.1, 0.15) is 20.8 Å². The van der Waals surface area contributed by atoms with Crippen LogP contribution in [-0.4, -0.2) is 25.2 Å². The highest BCUT2D eigenvalue weighted by Gasteiger charge is 2.36. The maximum atomic E-state index is 11.7. The number of nitrogens with zero attached hydrogens (tertiary/aromatic N) is 2. The molecule has 0 fully saturated rings. The minimum atomic E-state index is -1.10. The van der Waals surface area contributed by atoms with Gasteiger partial charge in [-0.2, -0.15) is 10.5 Å². The first-order chi connectivity index (χ1) is 8.45. The molecule has 0 saturated heterocycles. The van der Waals surface area contributed by atoms with Gasteiger partial charge in [-0.25, -0.2) is 0 Å². The van der Waals surface area contributed by atoms with Crippen molar-refractivity contribution in [1.29, 1.82) is 10.5 Å². The summed E-state index contributed by atoms with van der Waals surface area (Å²) in [5.41, 5.74) is 0. The van der Waals surface area contributed by atoms with E-state index in [9.17, 15) is 9.59 Å². The van der Waals surface area contributed by atoms with Gasteiger partial charge in [0.25, 0.3) is 0 Å². The Morgan fingerprint density at radius 2 is 1.39 bits per heavy atom. The van der Waals surface area contributed by atoms with Gasteiger partial charge in [-0.05, 0) is 11.8 Å². The summed E-state index contributed by atoms with van der Waals surface area (Å²) in [5, 5.41) is 16.7. The molecule has 0 heterocycles. The van der Waals surface area contributed by atoms with Gasteiger partial charge >= 0.3 is 11.9 Å². The quantitative estimate of drug-likeness (QED) is 0.517. The number of carbonyl (C=O) groups excluding carboxylic acids is 2. The van der Waals surface area contributed by atoms with Crippen molar-refractivity contribution in [2.24, 2.45) is 17.8 Å². The van der Waals surface area contributed by atoms with E-state index in [2.05, 4.69) is 9.47 Å². The van der Waals surface area contributed by atoms with Crippen LogP contribution in [0.25, 0.3) is 0 Å². The lowest BCUT2D eigenvalue weighted by Gasteiger charge is -2.22. The third kappa shape index (κ3) is 4.84. The molecule has 0 aromatic rings. The van der Waals surface area contributed by atoms with E-state index < -0.39 is 31.1 Å². The molecule has 0 amide bonds. The lowest BCUT2D eigenvalue weighted by atomic mass is 9.85. The Hall–Kier alpha value is -2.08. The summed E-state index contributed by atoms with van der Waals surface area (Å²) < 4.78 is 9.28. The Morgan fingerprint density at radius 1 is 1.00 bits per heavy atom. The van der Waals surface area contributed by atoms with Crippen molar-refractivity contribution in [2.45, 2.75) is 20.8 Å². The van der Waals surface area contributed by atoms with Crippen molar-refractivity contribution in [3.05, 3.63) is 0 Å². The van der Waals surface area contributed by atoms with Crippen LogP contribution >= 0.6 is 0 Å². The van der Waals surface area contributed by atoms with Gasteiger partial charge < -0.3 is 9.47 Å². The van der Waals surface area contributed by atoms with Gasteiger partial charge in [0, 0.05) is 0 Å². The van der Waals surface area contributed by atoms with E-state index in [1.54, 1.807) is 19.1 Å². The van der Waals surface area contributed by atoms with Crippen LogP contribution in [0.5, 0.6) is 0 Å². The van der Waals surface area contributed by atoms with Crippen molar-refractivity contribution in [3.63, 3.8) is 0 Å². The molecule has 0 rings (SSSR count). The molecule has 1 unspecified atom stereocenters. The standard InChI is InChI=1S/C12H16N2O4/c1-8(2)9(3)10(11(15)17-6-4-13)12(16)18-7-5-14/h8-10H,6-7H2,1-3H3. The number of hydrogen-bond acceptors (Lipinski definition) is 6. The second kappa shape index (κ2) is 8.08. The lowest BCUT2D eigenvalue weighted by molar-refractivity contribution is -0.164. The number of ether oxygens (including phenoxy) is 2. The normalized spacial score (nSPS) is 11.5. The molecular weight excluding hydrogens is 236 g/mol. The van der Waals surface area contributed by atoms with Crippen LogP contribution in [0.2, 0.25) is 0 Å². The molecule has 0 bridgehead atoms. The second-order valence-electron chi connectivity index (χ2n) is 4.11. The van der Waals surface area contributed by atoms with E-state index >= 15 is 0 Å². The monoisotopic (exact) mass is 252 g/mol. The van der Waals surface area contributed by atoms with Crippen molar-refractivity contribution in [3.8, 4) is 12.1 Å². The lowest BCUT2D eigenvalue weighted by Crippen LogP contribution is -2.35. The third-order valence-corrected chi connectivity index (χ3v) is 2.64. The van der Waals surface area contributed by atoms with Crippen LogP contribution in [0.4, 0.5) is 0 Å². The zero-order chi connectivity index (χ0) is 14.1. The Bertz CT molecular complexity index is 349. The van der Waals surface area contributed by atoms with Gasteiger partial charge in [-0.15, -0.1) is 0 Å². The summed E-state index contributed by atoms with van der Waals surface area (Å²) in [6.45, 7) is 4.60. The van der Waals surface area contributed by atoms with Gasteiger partial charge in [-0.1, -0.05) is 20.8 Å². The number of esters is 2. The molecular formula is C12H16N2O4. The fourth-order valence-corrected chi connectivity index (χ4v) is 1.30. The minimum Gasteiger partial charge on any atom is -0.450 e. The number of rotatable bonds is 6. The first kappa shape index (κ1) is 15.9. The van der Waals surface area contributed by atoms with Crippen molar-refractivity contribution < 1.29 is 19.1 Å². The number of carbonyl (C=O) groups is 2. The SMILES string of the molecule is CC(C)C(C)C(C(=O)OCC#N)C(=O)OCC#N. The fourth-order valence-electron chi connectivity index (χ4n) is 1.30. The van der Waals surface area contributed by atoms with Crippen molar-refractivity contribution >= 4 is 11.9 Å². The molecule has 0 aliphatic carbocycles. The van der Waals surface area contributed by atoms with Gasteiger partial charge in [0.05, 0.1) is 0 Å². The Morgan fingerprint density at radius 3 is 1.67 bits per heavy atom. The van der Waals surface area contributed by atoms with Crippen LogP contribution < -0.4 is 0 Å². The molecule has 1 atom stereocenters. The number of hydrogen-bond donors (Lipinski definition) is 0. The largest absolute Gasteiger partial charge is 0.450 e. The highest BCUT2D eigenvalue weighted by Crippen LogP contribution is 2.23. The molecule has 0 N–H and O–H groups in total. The summed E-state index contributed by atoms with van der Waals surface area (Å²) in [4.78, 5) is 23.4. The first-order valence-corrected chi connectivity index (χ1v) is 5.52. The molecule has 0 aromatic heterocycles. The molecule has 0 aliphatic heterocycles. The average molecular weight is 252 g/mol. The van der Waals surface area contributed by atoms with Gasteiger partial charge in [0.1, 0.15) is 12.1 Å². The predicted molar refractivity (Wildman–Crippen MR) is 60.6 cm³/mol. The van der Waals surface area contributed by atoms with Gasteiger partial charge in [0.2, 0.25) is 0 Å². The Balaban J connectivity index is 4.83. The molecule has 0 spiro atoms. The topological polar surface area (TPSA) is 100 Å². The molecule has 0 aromatic carbocycles. The van der Waals surface area contributed by atoms with Crippen molar-refractivity contribution in [2.75, 3.05) is 13.2 Å². The maximum Gasteiger partial charge on any atom is 0.321 e. The van der Waals surface area contributed by atoms with Crippen LogP contribution in [0, 0.1) is 40.4 Å². The molecule has 6 heteroatoms. The summed E-state index contributed by atoms with van der Waals surface area (Å²) in [5.74, 6) is -2.94. The highest BCUT2D eigenvalue weighted by atomic mass is 16.6. The summed E-state index contributed by atoms with van der Waals surface area (Å²) in [6.07, 6.45) is 0. The molecule has 18 heavy (non-hydrogen) atoms. The Labute approximate surface area is 106 Å². The minimum absolute atomic E-state index is 0.0549. The molecule has 0 saturated carbocycles. The highest BCUT2D eigenvalue weighted by molar-refractivity contribution is 5.95. The summed E-state index contributed by atoms with van der Waals surface area (Å²) in [6, 6.07) is 3.31. The van der Waals surface area contributed by atoms with Crippen molar-refractivity contribution in [1.82, 2.24) is 0 Å². The zero-order valence-corrected chi connectivity index (χ0v) is 10.7. The molecule has 0 aliphatic rings. The Kier molecular flexibility index (Phi) is 7.14. The molecule has 98 valence electrons. The van der Waals surface area contributed by atoms with E-state index in [4.69, 9.17) is 10.5 Å². The predicted octanol–water partition coefficient (Wildman–Crippen LogP) is 1.03. The van der Waals surface area contributed by atoms with Gasteiger partial charge in [-0.3, -0.25) is 9.59 Å². The van der Waals surface area contributed by atoms with E-state index in [0.717, 1.165) is 0 Å². The third-order valence-electron chi connectivity index (χ3n) is 2.64. The number of nitriles is 2. The van der Waals surface area contributed by atoms with E-state index in [0.29, 0.717) is 0 Å². The van der Waals surface area contributed by atoms with Crippen LogP contribution in [0.3, 0.4) is 0 Å². The zero-order valence-electron chi connectivity index (χ0n) is 10.7. The summed E-state index contributed by atoms with van der Waals surface area (Å²) in [7, 11) is 0. The fraction of sp³-hybridized carbons (Fsp3) is 0.667. The van der Waals surface area contributed by atoms with E-state index in [1.165, 1.54) is 0 Å². The average Bonchev–Trinajstić information content (AvgIpc) is 2.33. The molecule has 6 nitrogen and oxygen atoms in total. The second-order valence-corrected chi connectivity index (χ2v) is 4.11. The van der Waals surface area contributed by atoms with E-state index in [1.807, 2.05) is 13.8 Å². The van der Waals surface area contributed by atoms with Gasteiger partial charge in [0.15, 0.2) is 19.1 Å². The first-order valence-electron chi connectivity index (χ1n) is 5.52. The smallest absolute Gasteiger partial charge is 0.321 e. The van der Waals surface area contributed by atoms with E-state index in [-0.39, 0.29) is 11.8 Å². The maximum absolute atomic E-state index is 11.7. The van der Waals surface area contributed by atoms with Crippen LogP contribution in [0.15, 0.2) is 0 Å². The van der Waals surface area contributed by atoms with Crippen LogP contribution in [-0.2, 0) is 19.1 Å².